The third kappa shape index (κ3) is 4.83. The highest BCUT2D eigenvalue weighted by Gasteiger charge is 2.11. The van der Waals surface area contributed by atoms with E-state index in [1.54, 1.807) is 7.05 Å². The van der Waals surface area contributed by atoms with Crippen molar-refractivity contribution in [3.63, 3.8) is 0 Å². The highest BCUT2D eigenvalue weighted by Crippen LogP contribution is 2.12. The molecule has 0 aromatic carbocycles. The van der Waals surface area contributed by atoms with Crippen LogP contribution in [0.3, 0.4) is 0 Å². The van der Waals surface area contributed by atoms with Crippen LogP contribution in [0.5, 0.6) is 0 Å². The summed E-state index contributed by atoms with van der Waals surface area (Å²) in [7, 11) is 1.58. The summed E-state index contributed by atoms with van der Waals surface area (Å²) >= 11 is 15.8. The lowest BCUT2D eigenvalue weighted by Gasteiger charge is -2.05. The minimum atomic E-state index is -0.221. The summed E-state index contributed by atoms with van der Waals surface area (Å²) in [4.78, 5) is 0. The van der Waals surface area contributed by atoms with Crippen LogP contribution in [0.4, 0.5) is 0 Å². The van der Waals surface area contributed by atoms with Gasteiger partial charge in [-0.3, -0.25) is 0 Å². The maximum atomic E-state index is 5.29. The van der Waals surface area contributed by atoms with Crippen LogP contribution in [0.15, 0.2) is 0 Å². The van der Waals surface area contributed by atoms with Crippen LogP contribution >= 0.6 is 35.2 Å². The van der Waals surface area contributed by atoms with Crippen LogP contribution in [0.2, 0.25) is 0 Å². The van der Waals surface area contributed by atoms with E-state index in [1.165, 1.54) is 0 Å². The fourth-order valence-electron chi connectivity index (χ4n) is 0. The second-order valence-electron chi connectivity index (χ2n) is 1.08. The van der Waals surface area contributed by atoms with Crippen LogP contribution < -0.4 is 0 Å². The molecule has 0 saturated carbocycles. The lowest BCUT2D eigenvalue weighted by atomic mass is 11.2. The first-order chi connectivity index (χ1) is 2.56. The van der Waals surface area contributed by atoms with Crippen LogP contribution in [0.1, 0.15) is 0 Å². The summed E-state index contributed by atoms with van der Waals surface area (Å²) < 4.78 is -0.221. The molecule has 6 heavy (non-hydrogen) atoms. The Balaban J connectivity index is 3.17. The molecule has 1 nitrogen and oxygen atoms in total. The fourth-order valence-corrected chi connectivity index (χ4v) is 0. The van der Waals surface area contributed by atoms with E-state index in [0.29, 0.717) is 0 Å². The predicted octanol–water partition coefficient (Wildman–Crippen LogP) is 1.94. The smallest absolute Gasteiger partial charge is 0.113 e. The van der Waals surface area contributed by atoms with Crippen LogP contribution in [0, 0.1) is 0 Å². The van der Waals surface area contributed by atoms with Crippen molar-refractivity contribution < 1.29 is 3.52 Å². The third-order valence-corrected chi connectivity index (χ3v) is 1.17. The van der Waals surface area contributed by atoms with Gasteiger partial charge in [-0.25, -0.2) is 0 Å². The number of hydrogen-bond donors (Lipinski definition) is 0. The van der Waals surface area contributed by atoms with Crippen molar-refractivity contribution in [2.24, 2.45) is 0 Å². The molecular formula is C2H5Cl3N+. The molecule has 0 N–H and O–H groups in total. The summed E-state index contributed by atoms with van der Waals surface area (Å²) in [6.45, 7) is 0. The average Bonchev–Trinajstić information content (AvgIpc) is 1.35. The van der Waals surface area contributed by atoms with Crippen molar-refractivity contribution in [3.05, 3.63) is 0 Å². The predicted molar refractivity (Wildman–Crippen MR) is 28.6 cm³/mol. The van der Waals surface area contributed by atoms with Crippen LogP contribution in [0.25, 0.3) is 0 Å². The second-order valence-corrected chi connectivity index (χ2v) is 2.98. The zero-order chi connectivity index (χ0) is 5.21. The molecule has 0 aromatic heterocycles. The molecule has 38 valence electrons. The van der Waals surface area contributed by atoms with Gasteiger partial charge in [-0.2, -0.15) is 0 Å². The molecule has 0 aromatic rings. The molecule has 4 heteroatoms. The molecule has 0 bridgehead atoms. The van der Waals surface area contributed by atoms with Gasteiger partial charge in [-0.05, 0) is 0 Å². The number of nitrogens with zero attached hydrogens (tertiary/aromatic N) is 1. The Labute approximate surface area is 52.2 Å². The highest BCUT2D eigenvalue weighted by atomic mass is 35.5. The Bertz CT molecular complexity index is 38.5. The molecule has 0 aliphatic carbocycles. The Kier molecular flexibility index (Phi) is 2.53. The molecular weight excluding hydrogens is 144 g/mol. The highest BCUT2D eigenvalue weighted by molar-refractivity contribution is 6.27. The number of hydrogen-bond acceptors (Lipinski definition) is 0. The molecule has 0 saturated heterocycles. The van der Waals surface area contributed by atoms with E-state index in [9.17, 15) is 0 Å². The van der Waals surface area contributed by atoms with E-state index in [1.807, 2.05) is 0 Å². The van der Waals surface area contributed by atoms with Gasteiger partial charge in [0, 0.05) is 0 Å². The quantitative estimate of drug-likeness (QED) is 0.304. The lowest BCUT2D eigenvalue weighted by molar-refractivity contribution is -0.648. The van der Waals surface area contributed by atoms with Crippen molar-refractivity contribution in [3.8, 4) is 0 Å². The van der Waals surface area contributed by atoms with Gasteiger partial charge in [0.2, 0.25) is 0 Å². The minimum Gasteiger partial charge on any atom is -0.113 e. The molecule has 0 unspecified atom stereocenters. The van der Waals surface area contributed by atoms with Crippen molar-refractivity contribution >= 4 is 35.2 Å². The summed E-state index contributed by atoms with van der Waals surface area (Å²) in [5.74, 6) is 0. The molecule has 0 atom stereocenters. The first-order valence-corrected chi connectivity index (χ1v) is 2.58. The molecule has 0 heterocycles. The Morgan fingerprint density at radius 2 is 1.67 bits per heavy atom. The minimum absolute atomic E-state index is 0.211. The molecule has 0 spiro atoms. The first kappa shape index (κ1) is 6.83. The van der Waals surface area contributed by atoms with Gasteiger partial charge >= 0.3 is 0 Å². The normalized spacial score (nSPS) is 12.0. The molecule has 0 amide bonds. The second kappa shape index (κ2) is 2.22. The van der Waals surface area contributed by atoms with Crippen molar-refractivity contribution in [1.82, 2.24) is 0 Å². The van der Waals surface area contributed by atoms with Crippen molar-refractivity contribution in [2.75, 3.05) is 13.1 Å². The topological polar surface area (TPSA) is 0 Å². The number of alkyl halides is 1. The standard InChI is InChI=1S/C2H5Cl3N/c1-6(4,5)2-3/h2H2,1H3/q+1. The lowest BCUT2D eigenvalue weighted by Crippen LogP contribution is -2.17. The van der Waals surface area contributed by atoms with Gasteiger partial charge in [-0.1, -0.05) is 11.6 Å². The van der Waals surface area contributed by atoms with Crippen molar-refractivity contribution in [2.45, 2.75) is 0 Å². The van der Waals surface area contributed by atoms with Gasteiger partial charge in [0.25, 0.3) is 0 Å². The number of rotatable bonds is 1. The van der Waals surface area contributed by atoms with Crippen LogP contribution in [-0.4, -0.2) is 16.6 Å². The number of halogens is 3. The third-order valence-electron chi connectivity index (χ3n) is 0.210. The fraction of sp³-hybridized carbons (Fsp3) is 1.00. The SMILES string of the molecule is C[N+](Cl)(Cl)CCl. The summed E-state index contributed by atoms with van der Waals surface area (Å²) in [5.41, 5.74) is 0. The first-order valence-electron chi connectivity index (χ1n) is 1.37. The summed E-state index contributed by atoms with van der Waals surface area (Å²) in [6.07, 6.45) is 0. The zero-order valence-corrected chi connectivity index (χ0v) is 5.56. The van der Waals surface area contributed by atoms with E-state index in [0.717, 1.165) is 0 Å². The number of quaternary nitrogens is 1. The Morgan fingerprint density at radius 3 is 1.67 bits per heavy atom. The van der Waals surface area contributed by atoms with Gasteiger partial charge < -0.3 is 0 Å². The van der Waals surface area contributed by atoms with E-state index in [4.69, 9.17) is 35.2 Å². The molecule has 0 fully saturated rings. The summed E-state index contributed by atoms with van der Waals surface area (Å²) in [5, 5.41) is 0. The Hall–Kier alpha value is 0.830. The van der Waals surface area contributed by atoms with Crippen molar-refractivity contribution in [1.29, 1.82) is 0 Å². The van der Waals surface area contributed by atoms with Gasteiger partial charge in [-0.15, -0.1) is 3.52 Å². The Morgan fingerprint density at radius 1 is 1.50 bits per heavy atom. The zero-order valence-electron chi connectivity index (χ0n) is 3.29. The monoisotopic (exact) mass is 148 g/mol. The van der Waals surface area contributed by atoms with Crippen LogP contribution in [-0.2, 0) is 0 Å². The molecule has 0 aliphatic heterocycles. The molecule has 0 rings (SSSR count). The molecule has 0 aliphatic rings. The van der Waals surface area contributed by atoms with Gasteiger partial charge in [0.05, 0.1) is 0 Å². The largest absolute Gasteiger partial charge is 0.188 e. The van der Waals surface area contributed by atoms with E-state index in [2.05, 4.69) is 0 Å². The summed E-state index contributed by atoms with van der Waals surface area (Å²) in [6, 6.07) is 0.211. The van der Waals surface area contributed by atoms with Gasteiger partial charge in [0.1, 0.15) is 7.05 Å². The van der Waals surface area contributed by atoms with E-state index >= 15 is 0 Å². The van der Waals surface area contributed by atoms with Gasteiger partial charge in [0.15, 0.2) is 29.6 Å². The molecule has 0 radical (unpaired) electrons. The van der Waals surface area contributed by atoms with E-state index in [-0.39, 0.29) is 9.53 Å². The maximum Gasteiger partial charge on any atom is 0.188 e. The van der Waals surface area contributed by atoms with E-state index < -0.39 is 0 Å². The average molecular weight is 149 g/mol. The maximum absolute atomic E-state index is 5.29.